The van der Waals surface area contributed by atoms with E-state index in [0.29, 0.717) is 5.82 Å². The number of nitrogens with zero attached hydrogens (tertiary/aromatic N) is 3. The van der Waals surface area contributed by atoms with E-state index in [1.807, 2.05) is 0 Å². The van der Waals surface area contributed by atoms with Gasteiger partial charge in [-0.25, -0.2) is 0 Å². The first-order chi connectivity index (χ1) is 10.0. The molecule has 0 aliphatic carbocycles. The molecule has 3 rings (SSSR count). The lowest BCUT2D eigenvalue weighted by Gasteiger charge is -2.19. The van der Waals surface area contributed by atoms with E-state index >= 15 is 0 Å². The molecule has 8 heteroatoms. The molecule has 1 atom stereocenters. The summed E-state index contributed by atoms with van der Waals surface area (Å²) in [5.74, 6) is 0.650. The van der Waals surface area contributed by atoms with E-state index < -0.39 is 11.7 Å². The van der Waals surface area contributed by atoms with Crippen molar-refractivity contribution < 1.29 is 17.7 Å². The fourth-order valence-electron chi connectivity index (χ4n) is 2.24. The molecule has 0 radical (unpaired) electrons. The molecule has 3 heterocycles. The minimum absolute atomic E-state index is 0.0331. The minimum atomic E-state index is -4.41. The van der Waals surface area contributed by atoms with Gasteiger partial charge in [0.05, 0.1) is 11.6 Å². The summed E-state index contributed by atoms with van der Waals surface area (Å²) in [6.07, 6.45) is -0.531. The van der Waals surface area contributed by atoms with Gasteiger partial charge in [-0.15, -0.1) is 0 Å². The third kappa shape index (κ3) is 3.05. The Morgan fingerprint density at radius 1 is 1.24 bits per heavy atom. The van der Waals surface area contributed by atoms with Crippen LogP contribution in [0.3, 0.4) is 0 Å². The number of aromatic nitrogens is 3. The molecule has 1 saturated heterocycles. The molecule has 2 aromatic rings. The zero-order chi connectivity index (χ0) is 14.9. The summed E-state index contributed by atoms with van der Waals surface area (Å²) in [5.41, 5.74) is -0.572. The molecule has 21 heavy (non-hydrogen) atoms. The summed E-state index contributed by atoms with van der Waals surface area (Å²) in [5, 5.41) is 7.15. The van der Waals surface area contributed by atoms with Crippen LogP contribution < -0.4 is 5.32 Å². The maximum atomic E-state index is 12.5. The standard InChI is InChI=1S/C13H13F3N4O/c14-13(15,16)8-4-5-10(18-7-8)12-19-11(20-21-12)9-3-1-2-6-17-9/h4-5,7,9,17H,1-3,6H2. The summed E-state index contributed by atoms with van der Waals surface area (Å²) in [6, 6.07) is 2.21. The van der Waals surface area contributed by atoms with Gasteiger partial charge in [-0.2, -0.15) is 18.2 Å². The van der Waals surface area contributed by atoms with E-state index in [4.69, 9.17) is 4.52 Å². The normalized spacial score (nSPS) is 19.7. The Morgan fingerprint density at radius 3 is 2.71 bits per heavy atom. The lowest BCUT2D eigenvalue weighted by molar-refractivity contribution is -0.137. The highest BCUT2D eigenvalue weighted by atomic mass is 19.4. The first-order valence-electron chi connectivity index (χ1n) is 6.64. The predicted octanol–water partition coefficient (Wildman–Crippen LogP) is 2.97. The fourth-order valence-corrected chi connectivity index (χ4v) is 2.24. The van der Waals surface area contributed by atoms with Crippen LogP contribution in [0.25, 0.3) is 11.6 Å². The van der Waals surface area contributed by atoms with Crippen molar-refractivity contribution in [2.75, 3.05) is 6.54 Å². The van der Waals surface area contributed by atoms with Crippen molar-refractivity contribution in [2.45, 2.75) is 31.5 Å². The summed E-state index contributed by atoms with van der Waals surface area (Å²) in [4.78, 5) is 7.95. The number of rotatable bonds is 2. The van der Waals surface area contributed by atoms with E-state index in [2.05, 4.69) is 20.4 Å². The van der Waals surface area contributed by atoms with Crippen molar-refractivity contribution >= 4 is 0 Å². The number of nitrogens with one attached hydrogen (secondary N) is 1. The Bertz CT molecular complexity index is 603. The SMILES string of the molecule is FC(F)(F)c1ccc(-c2nc(C3CCCCN3)no2)nc1. The van der Waals surface area contributed by atoms with E-state index in [1.165, 1.54) is 6.07 Å². The Hall–Kier alpha value is -1.96. The number of hydrogen-bond acceptors (Lipinski definition) is 5. The third-order valence-corrected chi connectivity index (χ3v) is 3.37. The van der Waals surface area contributed by atoms with Gasteiger partial charge in [0.1, 0.15) is 5.69 Å². The van der Waals surface area contributed by atoms with Gasteiger partial charge in [0.25, 0.3) is 5.89 Å². The monoisotopic (exact) mass is 298 g/mol. The molecule has 1 fully saturated rings. The quantitative estimate of drug-likeness (QED) is 0.923. The average molecular weight is 298 g/mol. The highest BCUT2D eigenvalue weighted by Gasteiger charge is 2.31. The molecule has 1 N–H and O–H groups in total. The Balaban J connectivity index is 1.79. The Kier molecular flexibility index (Phi) is 3.62. The number of halogens is 3. The van der Waals surface area contributed by atoms with Gasteiger partial charge < -0.3 is 9.84 Å². The molecular formula is C13H13F3N4O. The van der Waals surface area contributed by atoms with E-state index in [-0.39, 0.29) is 17.6 Å². The van der Waals surface area contributed by atoms with Gasteiger partial charge in [-0.3, -0.25) is 4.98 Å². The molecule has 112 valence electrons. The zero-order valence-electron chi connectivity index (χ0n) is 11.0. The molecule has 0 spiro atoms. The second-order valence-electron chi connectivity index (χ2n) is 4.89. The number of piperidine rings is 1. The van der Waals surface area contributed by atoms with Crippen molar-refractivity contribution in [3.8, 4) is 11.6 Å². The van der Waals surface area contributed by atoms with Crippen molar-refractivity contribution in [1.29, 1.82) is 0 Å². The van der Waals surface area contributed by atoms with Crippen LogP contribution in [0.4, 0.5) is 13.2 Å². The average Bonchev–Trinajstić information content (AvgIpc) is 2.97. The second kappa shape index (κ2) is 5.44. The van der Waals surface area contributed by atoms with Crippen LogP contribution in [0.5, 0.6) is 0 Å². The largest absolute Gasteiger partial charge is 0.417 e. The van der Waals surface area contributed by atoms with Gasteiger partial charge in [-0.05, 0) is 31.5 Å². The van der Waals surface area contributed by atoms with Gasteiger partial charge in [-0.1, -0.05) is 11.6 Å². The molecule has 5 nitrogen and oxygen atoms in total. The molecule has 0 bridgehead atoms. The van der Waals surface area contributed by atoms with E-state index in [9.17, 15) is 13.2 Å². The molecule has 0 saturated carbocycles. The molecule has 0 aromatic carbocycles. The van der Waals surface area contributed by atoms with Gasteiger partial charge in [0, 0.05) is 6.20 Å². The maximum absolute atomic E-state index is 12.5. The van der Waals surface area contributed by atoms with Gasteiger partial charge in [0.2, 0.25) is 0 Å². The van der Waals surface area contributed by atoms with Crippen LogP contribution in [-0.4, -0.2) is 21.7 Å². The molecule has 1 aliphatic heterocycles. The van der Waals surface area contributed by atoms with Crippen LogP contribution in [0.1, 0.15) is 36.7 Å². The third-order valence-electron chi connectivity index (χ3n) is 3.37. The zero-order valence-corrected chi connectivity index (χ0v) is 11.0. The van der Waals surface area contributed by atoms with Crippen molar-refractivity contribution in [2.24, 2.45) is 0 Å². The van der Waals surface area contributed by atoms with Crippen LogP contribution in [-0.2, 0) is 6.18 Å². The molecule has 1 aliphatic rings. The minimum Gasteiger partial charge on any atom is -0.332 e. The first-order valence-corrected chi connectivity index (χ1v) is 6.64. The topological polar surface area (TPSA) is 63.8 Å². The second-order valence-corrected chi connectivity index (χ2v) is 4.89. The van der Waals surface area contributed by atoms with E-state index in [1.54, 1.807) is 0 Å². The molecular weight excluding hydrogens is 285 g/mol. The predicted molar refractivity (Wildman–Crippen MR) is 67.1 cm³/mol. The Labute approximate surface area is 118 Å². The number of alkyl halides is 3. The maximum Gasteiger partial charge on any atom is 0.417 e. The van der Waals surface area contributed by atoms with Crippen molar-refractivity contribution in [1.82, 2.24) is 20.4 Å². The van der Waals surface area contributed by atoms with Crippen LogP contribution >= 0.6 is 0 Å². The highest BCUT2D eigenvalue weighted by molar-refractivity contribution is 5.46. The molecule has 2 aromatic heterocycles. The summed E-state index contributed by atoms with van der Waals surface area (Å²) >= 11 is 0. The fraction of sp³-hybridized carbons (Fsp3) is 0.462. The van der Waals surface area contributed by atoms with Crippen LogP contribution in [0.15, 0.2) is 22.9 Å². The number of pyridine rings is 1. The first kappa shape index (κ1) is 14.0. The van der Waals surface area contributed by atoms with Crippen molar-refractivity contribution in [3.05, 3.63) is 29.7 Å². The highest BCUT2D eigenvalue weighted by Crippen LogP contribution is 2.29. The lowest BCUT2D eigenvalue weighted by Crippen LogP contribution is -2.27. The number of hydrogen-bond donors (Lipinski definition) is 1. The van der Waals surface area contributed by atoms with Gasteiger partial charge in [0.15, 0.2) is 5.82 Å². The smallest absolute Gasteiger partial charge is 0.332 e. The van der Waals surface area contributed by atoms with E-state index in [0.717, 1.165) is 38.1 Å². The molecule has 0 amide bonds. The van der Waals surface area contributed by atoms with Crippen LogP contribution in [0, 0.1) is 0 Å². The summed E-state index contributed by atoms with van der Waals surface area (Å²) in [7, 11) is 0. The summed E-state index contributed by atoms with van der Waals surface area (Å²) in [6.45, 7) is 0.896. The Morgan fingerprint density at radius 2 is 2.10 bits per heavy atom. The van der Waals surface area contributed by atoms with Gasteiger partial charge >= 0.3 is 6.18 Å². The van der Waals surface area contributed by atoms with Crippen molar-refractivity contribution in [3.63, 3.8) is 0 Å². The molecule has 1 unspecified atom stereocenters. The summed E-state index contributed by atoms with van der Waals surface area (Å²) < 4.78 is 42.5. The lowest BCUT2D eigenvalue weighted by atomic mass is 10.0. The van der Waals surface area contributed by atoms with Crippen LogP contribution in [0.2, 0.25) is 0 Å².